The van der Waals surface area contributed by atoms with Crippen LogP contribution in [0.5, 0.6) is 0 Å². The maximum atomic E-state index is 13.8. The maximum absolute atomic E-state index is 13.8. The van der Waals surface area contributed by atoms with Crippen molar-refractivity contribution < 1.29 is 23.5 Å². The van der Waals surface area contributed by atoms with Gasteiger partial charge in [0.25, 0.3) is 0 Å². The predicted molar refractivity (Wildman–Crippen MR) is 140 cm³/mol. The third-order valence-corrected chi connectivity index (χ3v) is 6.78. The molecule has 12 nitrogen and oxygen atoms in total. The van der Waals surface area contributed by atoms with Gasteiger partial charge in [0.15, 0.2) is 5.58 Å². The van der Waals surface area contributed by atoms with Crippen molar-refractivity contribution in [3.05, 3.63) is 47.7 Å². The highest BCUT2D eigenvalue weighted by Crippen LogP contribution is 2.40. The first-order chi connectivity index (χ1) is 18.8. The fourth-order valence-corrected chi connectivity index (χ4v) is 4.90. The molecule has 12 heteroatoms. The number of carbonyl (C=O) groups is 2. The SMILES string of the molecule is CCOC(=O)N(c1c(C(=O)c2cnn(C)c2)oc2cc(C#N)c(-c3cnn(C)c3)nc12)C1CCOC(CC)C1. The smallest absolute Gasteiger partial charge is 0.414 e. The molecule has 1 aliphatic heterocycles. The molecule has 5 rings (SSSR count). The number of hydrogen-bond donors (Lipinski definition) is 0. The Morgan fingerprint density at radius 1 is 1.21 bits per heavy atom. The Morgan fingerprint density at radius 2 is 1.97 bits per heavy atom. The lowest BCUT2D eigenvalue weighted by molar-refractivity contribution is 0.00467. The average Bonchev–Trinajstić information content (AvgIpc) is 3.66. The third-order valence-electron chi connectivity index (χ3n) is 6.78. The largest absolute Gasteiger partial charge is 0.449 e. The molecular weight excluding hydrogens is 502 g/mol. The number of nitriles is 1. The van der Waals surface area contributed by atoms with Gasteiger partial charge in [0.1, 0.15) is 17.3 Å². The highest BCUT2D eigenvalue weighted by molar-refractivity contribution is 6.16. The van der Waals surface area contributed by atoms with E-state index in [1.807, 2.05) is 6.92 Å². The number of ketones is 1. The van der Waals surface area contributed by atoms with E-state index < -0.39 is 11.9 Å². The first-order valence-electron chi connectivity index (χ1n) is 12.8. The molecule has 0 N–H and O–H groups in total. The summed E-state index contributed by atoms with van der Waals surface area (Å²) in [5.74, 6) is -0.545. The van der Waals surface area contributed by atoms with Gasteiger partial charge in [-0.05, 0) is 26.2 Å². The number of ether oxygens (including phenoxy) is 2. The molecule has 202 valence electrons. The van der Waals surface area contributed by atoms with Gasteiger partial charge in [-0.15, -0.1) is 0 Å². The van der Waals surface area contributed by atoms with Crippen LogP contribution in [0.2, 0.25) is 0 Å². The molecule has 1 fully saturated rings. The van der Waals surface area contributed by atoms with Crippen molar-refractivity contribution in [1.82, 2.24) is 24.5 Å². The predicted octanol–water partition coefficient (Wildman–Crippen LogP) is 3.98. The lowest BCUT2D eigenvalue weighted by Crippen LogP contribution is -2.46. The van der Waals surface area contributed by atoms with Crippen molar-refractivity contribution in [2.75, 3.05) is 18.1 Å². The Balaban J connectivity index is 1.78. The van der Waals surface area contributed by atoms with E-state index in [0.717, 1.165) is 6.42 Å². The summed E-state index contributed by atoms with van der Waals surface area (Å²) in [5, 5.41) is 18.2. The van der Waals surface area contributed by atoms with Gasteiger partial charge in [-0.2, -0.15) is 15.5 Å². The molecule has 0 bridgehead atoms. The summed E-state index contributed by atoms with van der Waals surface area (Å²) >= 11 is 0. The van der Waals surface area contributed by atoms with Crippen molar-refractivity contribution in [3.8, 4) is 17.3 Å². The average molecular weight is 532 g/mol. The number of aromatic nitrogens is 5. The monoisotopic (exact) mass is 531 g/mol. The van der Waals surface area contributed by atoms with Gasteiger partial charge in [-0.25, -0.2) is 9.78 Å². The van der Waals surface area contributed by atoms with Gasteiger partial charge < -0.3 is 13.9 Å². The molecule has 1 amide bonds. The van der Waals surface area contributed by atoms with E-state index in [2.05, 4.69) is 16.3 Å². The number of fused-ring (bicyclic) bond motifs is 1. The highest BCUT2D eigenvalue weighted by atomic mass is 16.6. The molecule has 0 saturated carbocycles. The van der Waals surface area contributed by atoms with E-state index >= 15 is 0 Å². The second kappa shape index (κ2) is 10.7. The quantitative estimate of drug-likeness (QED) is 0.324. The zero-order chi connectivity index (χ0) is 27.7. The highest BCUT2D eigenvalue weighted by Gasteiger charge is 2.38. The summed E-state index contributed by atoms with van der Waals surface area (Å²) in [5.41, 5.74) is 2.19. The standard InChI is InChI=1S/C27H29N7O5/c1-5-20-10-19(7-8-38-20)34(27(36)37-6-2)24-23-21(39-26(24)25(35)18-13-30-33(4)15-18)9-16(11-28)22(31-23)17-12-29-32(3)14-17/h9,12-15,19-20H,5-8,10H2,1-4H3. The van der Waals surface area contributed by atoms with Gasteiger partial charge >= 0.3 is 6.09 Å². The van der Waals surface area contributed by atoms with Crippen LogP contribution in [0.4, 0.5) is 10.5 Å². The molecule has 0 aromatic carbocycles. The van der Waals surface area contributed by atoms with E-state index in [1.54, 1.807) is 44.3 Å². The topological polar surface area (TPSA) is 141 Å². The van der Waals surface area contributed by atoms with E-state index in [9.17, 15) is 14.9 Å². The Bertz CT molecular complexity index is 1580. The molecule has 4 aromatic rings. The van der Waals surface area contributed by atoms with Crippen LogP contribution in [0, 0.1) is 11.3 Å². The number of anilines is 1. The van der Waals surface area contributed by atoms with E-state index in [0.29, 0.717) is 30.7 Å². The van der Waals surface area contributed by atoms with Gasteiger partial charge in [0.05, 0.1) is 41.9 Å². The van der Waals surface area contributed by atoms with Crippen LogP contribution in [0.1, 0.15) is 54.8 Å². The van der Waals surface area contributed by atoms with Gasteiger partial charge in [-0.3, -0.25) is 19.1 Å². The normalized spacial score (nSPS) is 17.2. The lowest BCUT2D eigenvalue weighted by Gasteiger charge is -2.36. The first kappa shape index (κ1) is 26.1. The number of hydrogen-bond acceptors (Lipinski definition) is 9. The Morgan fingerprint density at radius 3 is 2.62 bits per heavy atom. The number of amides is 1. The summed E-state index contributed by atoms with van der Waals surface area (Å²) in [7, 11) is 3.47. The Labute approximate surface area is 224 Å². The minimum atomic E-state index is -0.615. The van der Waals surface area contributed by atoms with Crippen molar-refractivity contribution in [2.45, 2.75) is 45.3 Å². The molecule has 5 heterocycles. The number of rotatable bonds is 7. The van der Waals surface area contributed by atoms with Crippen LogP contribution in [-0.2, 0) is 23.6 Å². The lowest BCUT2D eigenvalue weighted by atomic mass is 9.99. The molecule has 1 saturated heterocycles. The summed E-state index contributed by atoms with van der Waals surface area (Å²) in [4.78, 5) is 33.7. The van der Waals surface area contributed by atoms with Crippen LogP contribution in [0.15, 0.2) is 35.3 Å². The molecule has 0 spiro atoms. The summed E-state index contributed by atoms with van der Waals surface area (Å²) < 4.78 is 20.6. The second-order valence-corrected chi connectivity index (χ2v) is 9.41. The van der Waals surface area contributed by atoms with Crippen LogP contribution in [0.25, 0.3) is 22.4 Å². The summed E-state index contributed by atoms with van der Waals surface area (Å²) in [6.07, 6.45) is 7.54. The van der Waals surface area contributed by atoms with Gasteiger partial charge in [0.2, 0.25) is 11.5 Å². The van der Waals surface area contributed by atoms with E-state index in [-0.39, 0.29) is 52.4 Å². The zero-order valence-electron chi connectivity index (χ0n) is 22.2. The van der Waals surface area contributed by atoms with E-state index in [4.69, 9.17) is 18.9 Å². The molecule has 0 radical (unpaired) electrons. The zero-order valence-corrected chi connectivity index (χ0v) is 22.2. The van der Waals surface area contributed by atoms with Crippen LogP contribution >= 0.6 is 0 Å². The fraction of sp³-hybridized carbons (Fsp3) is 0.407. The molecular formula is C27H29N7O5. The minimum absolute atomic E-state index is 0.0552. The molecule has 1 aliphatic rings. The Hall–Kier alpha value is -4.50. The van der Waals surface area contributed by atoms with E-state index in [1.165, 1.54) is 21.8 Å². The van der Waals surface area contributed by atoms with Crippen molar-refractivity contribution in [3.63, 3.8) is 0 Å². The van der Waals surface area contributed by atoms with Gasteiger partial charge in [0, 0.05) is 50.8 Å². The minimum Gasteiger partial charge on any atom is -0.449 e. The number of carbonyl (C=O) groups excluding carboxylic acids is 2. The molecule has 2 atom stereocenters. The summed E-state index contributed by atoms with van der Waals surface area (Å²) in [6.45, 7) is 4.34. The van der Waals surface area contributed by atoms with Crippen molar-refractivity contribution in [1.29, 1.82) is 5.26 Å². The fourth-order valence-electron chi connectivity index (χ4n) is 4.90. The molecule has 2 unspecified atom stereocenters. The van der Waals surface area contributed by atoms with Crippen molar-refractivity contribution in [2.24, 2.45) is 14.1 Å². The van der Waals surface area contributed by atoms with Crippen LogP contribution in [0.3, 0.4) is 0 Å². The van der Waals surface area contributed by atoms with Crippen molar-refractivity contribution >= 4 is 28.7 Å². The second-order valence-electron chi connectivity index (χ2n) is 9.41. The molecule has 39 heavy (non-hydrogen) atoms. The summed E-state index contributed by atoms with van der Waals surface area (Å²) in [6, 6.07) is 3.37. The van der Waals surface area contributed by atoms with Crippen LogP contribution in [-0.4, -0.2) is 61.8 Å². The number of aryl methyl sites for hydroxylation is 2. The Kier molecular flexibility index (Phi) is 7.17. The third kappa shape index (κ3) is 4.88. The first-order valence-corrected chi connectivity index (χ1v) is 12.8. The number of pyridine rings is 1. The number of furan rings is 1. The van der Waals surface area contributed by atoms with Crippen LogP contribution < -0.4 is 4.90 Å². The maximum Gasteiger partial charge on any atom is 0.414 e. The van der Waals surface area contributed by atoms with Gasteiger partial charge in [-0.1, -0.05) is 6.92 Å². The molecule has 0 aliphatic carbocycles. The number of nitrogens with zero attached hydrogens (tertiary/aromatic N) is 7. The molecule has 4 aromatic heterocycles.